The second-order valence-corrected chi connectivity index (χ2v) is 8.93. The molecule has 0 radical (unpaired) electrons. The third-order valence-corrected chi connectivity index (χ3v) is 6.81. The topological polar surface area (TPSA) is 73.8 Å². The second kappa shape index (κ2) is 8.33. The summed E-state index contributed by atoms with van der Waals surface area (Å²) in [5, 5.41) is 15.8. The third kappa shape index (κ3) is 3.74. The SMILES string of the molecule is CCc1ccc(-n2c(C)cc(C=C3C(=N)N4N=C(c5ccccc5)SC4=NC3=O)c2C)cc1. The maximum atomic E-state index is 12.8. The van der Waals surface area contributed by atoms with Crippen LogP contribution < -0.4 is 0 Å². The molecule has 3 heterocycles. The molecule has 0 spiro atoms. The Bertz CT molecular complexity index is 1360. The molecule has 3 aromatic rings. The van der Waals surface area contributed by atoms with Gasteiger partial charge < -0.3 is 4.57 Å². The van der Waals surface area contributed by atoms with E-state index in [0.717, 1.165) is 39.7 Å². The number of aryl methyl sites for hydroxylation is 2. The number of rotatable bonds is 4. The molecule has 0 atom stereocenters. The molecule has 2 aliphatic heterocycles. The lowest BCUT2D eigenvalue weighted by atomic mass is 10.1. The largest absolute Gasteiger partial charge is 0.318 e. The molecule has 0 saturated heterocycles. The average molecular weight is 454 g/mol. The van der Waals surface area contributed by atoms with Crippen molar-refractivity contribution in [3.63, 3.8) is 0 Å². The van der Waals surface area contributed by atoms with E-state index in [4.69, 9.17) is 5.41 Å². The van der Waals surface area contributed by atoms with Crippen molar-refractivity contribution < 1.29 is 4.79 Å². The number of thioether (sulfide) groups is 1. The van der Waals surface area contributed by atoms with Gasteiger partial charge in [0.15, 0.2) is 5.84 Å². The minimum Gasteiger partial charge on any atom is -0.318 e. The lowest BCUT2D eigenvalue weighted by molar-refractivity contribution is -0.114. The number of carbonyl (C=O) groups excluding carboxylic acids is 1. The third-order valence-electron chi connectivity index (χ3n) is 5.85. The lowest BCUT2D eigenvalue weighted by Crippen LogP contribution is -2.35. The molecule has 5 rings (SSSR count). The Morgan fingerprint density at radius 2 is 1.79 bits per heavy atom. The van der Waals surface area contributed by atoms with Gasteiger partial charge in [0.1, 0.15) is 5.04 Å². The van der Waals surface area contributed by atoms with Crippen LogP contribution in [0.15, 0.2) is 76.3 Å². The minimum absolute atomic E-state index is 0.0422. The Kier molecular flexibility index (Phi) is 5.34. The number of carbonyl (C=O) groups is 1. The number of fused-ring (bicyclic) bond motifs is 1. The molecule has 7 heteroatoms. The molecule has 0 fully saturated rings. The number of benzene rings is 2. The number of amides is 1. The predicted molar refractivity (Wildman–Crippen MR) is 135 cm³/mol. The Morgan fingerprint density at radius 3 is 2.48 bits per heavy atom. The van der Waals surface area contributed by atoms with Gasteiger partial charge in [0.25, 0.3) is 5.91 Å². The van der Waals surface area contributed by atoms with E-state index < -0.39 is 5.91 Å². The molecular formula is C26H23N5OS. The fraction of sp³-hybridized carbons (Fsp3) is 0.154. The van der Waals surface area contributed by atoms with E-state index in [-0.39, 0.29) is 11.4 Å². The summed E-state index contributed by atoms with van der Waals surface area (Å²) < 4.78 is 2.16. The monoisotopic (exact) mass is 453 g/mol. The number of aliphatic imine (C=N–C) groups is 1. The smallest absolute Gasteiger partial charge is 0.283 e. The highest BCUT2D eigenvalue weighted by Gasteiger charge is 2.36. The summed E-state index contributed by atoms with van der Waals surface area (Å²) in [6.07, 6.45) is 2.75. The first-order valence-electron chi connectivity index (χ1n) is 10.8. The summed E-state index contributed by atoms with van der Waals surface area (Å²) in [5.41, 5.74) is 6.48. The molecule has 0 saturated carbocycles. The van der Waals surface area contributed by atoms with Gasteiger partial charge in [-0.15, -0.1) is 0 Å². The molecule has 0 bridgehead atoms. The van der Waals surface area contributed by atoms with Crippen LogP contribution in [0.5, 0.6) is 0 Å². The number of hydrogen-bond donors (Lipinski definition) is 1. The van der Waals surface area contributed by atoms with Gasteiger partial charge in [-0.1, -0.05) is 49.4 Å². The van der Waals surface area contributed by atoms with Crippen molar-refractivity contribution >= 4 is 39.8 Å². The van der Waals surface area contributed by atoms with Gasteiger partial charge in [0.2, 0.25) is 5.17 Å². The minimum atomic E-state index is -0.416. The molecule has 1 N–H and O–H groups in total. The number of hydrazone groups is 1. The van der Waals surface area contributed by atoms with Crippen LogP contribution in [0, 0.1) is 19.3 Å². The molecule has 1 amide bonds. The zero-order valence-corrected chi connectivity index (χ0v) is 19.5. The van der Waals surface area contributed by atoms with Crippen LogP contribution in [0.3, 0.4) is 0 Å². The van der Waals surface area contributed by atoms with Crippen LogP contribution in [0.2, 0.25) is 0 Å². The number of hydrogen-bond acceptors (Lipinski definition) is 4. The molecule has 0 unspecified atom stereocenters. The standard InChI is InChI=1S/C26H23N5OS/c1-4-18-10-12-21(13-11-18)30-16(2)14-20(17(30)3)15-22-23(27)31-26(28-24(22)32)33-25(29-31)19-8-6-5-7-9-19/h5-15,27H,4H2,1-3H3. The van der Waals surface area contributed by atoms with Crippen molar-refractivity contribution in [3.05, 3.63) is 94.3 Å². The van der Waals surface area contributed by atoms with Crippen molar-refractivity contribution in [1.29, 1.82) is 5.41 Å². The fourth-order valence-electron chi connectivity index (χ4n) is 4.06. The molecule has 164 valence electrons. The van der Waals surface area contributed by atoms with E-state index in [1.165, 1.54) is 22.3 Å². The van der Waals surface area contributed by atoms with Crippen LogP contribution in [0.1, 0.15) is 35.0 Å². The van der Waals surface area contributed by atoms with Crippen molar-refractivity contribution in [3.8, 4) is 5.69 Å². The summed E-state index contributed by atoms with van der Waals surface area (Å²) in [6.45, 7) is 6.21. The van der Waals surface area contributed by atoms with Gasteiger partial charge in [-0.2, -0.15) is 15.1 Å². The van der Waals surface area contributed by atoms with E-state index in [1.54, 1.807) is 6.08 Å². The Balaban J connectivity index is 1.50. The Labute approximate surface area is 196 Å². The molecule has 6 nitrogen and oxygen atoms in total. The molecule has 2 aromatic carbocycles. The number of amidine groups is 2. The maximum absolute atomic E-state index is 12.8. The zero-order valence-electron chi connectivity index (χ0n) is 18.7. The number of aromatic nitrogens is 1. The van der Waals surface area contributed by atoms with E-state index in [1.807, 2.05) is 50.2 Å². The van der Waals surface area contributed by atoms with E-state index in [9.17, 15) is 4.79 Å². The predicted octanol–water partition coefficient (Wildman–Crippen LogP) is 5.32. The van der Waals surface area contributed by atoms with Gasteiger partial charge in [0, 0.05) is 22.6 Å². The summed E-state index contributed by atoms with van der Waals surface area (Å²) in [5.74, 6) is -0.374. The van der Waals surface area contributed by atoms with E-state index in [0.29, 0.717) is 5.17 Å². The zero-order chi connectivity index (χ0) is 23.1. The van der Waals surface area contributed by atoms with Crippen LogP contribution in [0.25, 0.3) is 11.8 Å². The van der Waals surface area contributed by atoms with Crippen molar-refractivity contribution in [2.75, 3.05) is 0 Å². The van der Waals surface area contributed by atoms with Gasteiger partial charge in [-0.25, -0.2) is 0 Å². The van der Waals surface area contributed by atoms with Gasteiger partial charge in [0.05, 0.1) is 5.57 Å². The average Bonchev–Trinajstić information content (AvgIpc) is 3.38. The first kappa shape index (κ1) is 21.2. The van der Waals surface area contributed by atoms with Crippen LogP contribution >= 0.6 is 11.8 Å². The fourth-order valence-corrected chi connectivity index (χ4v) is 4.95. The van der Waals surface area contributed by atoms with Gasteiger partial charge in [-0.05, 0) is 67.4 Å². The van der Waals surface area contributed by atoms with Crippen LogP contribution in [-0.2, 0) is 11.2 Å². The van der Waals surface area contributed by atoms with Gasteiger partial charge >= 0.3 is 0 Å². The summed E-state index contributed by atoms with van der Waals surface area (Å²) in [6, 6.07) is 20.2. The van der Waals surface area contributed by atoms with Crippen molar-refractivity contribution in [1.82, 2.24) is 9.58 Å². The lowest BCUT2D eigenvalue weighted by Gasteiger charge is -2.20. The quantitative estimate of drug-likeness (QED) is 0.543. The van der Waals surface area contributed by atoms with Crippen molar-refractivity contribution in [2.24, 2.45) is 10.1 Å². The van der Waals surface area contributed by atoms with Crippen LogP contribution in [0.4, 0.5) is 0 Å². The Morgan fingerprint density at radius 1 is 1.06 bits per heavy atom. The first-order valence-corrected chi connectivity index (χ1v) is 11.6. The van der Waals surface area contributed by atoms with Crippen molar-refractivity contribution in [2.45, 2.75) is 27.2 Å². The Hall–Kier alpha value is -3.71. The highest BCUT2D eigenvalue weighted by atomic mass is 32.2. The molecule has 0 aliphatic carbocycles. The second-order valence-electron chi connectivity index (χ2n) is 7.97. The summed E-state index contributed by atoms with van der Waals surface area (Å²) in [7, 11) is 0. The normalized spacial score (nSPS) is 16.8. The number of nitrogens with zero attached hydrogens (tertiary/aromatic N) is 4. The van der Waals surface area contributed by atoms with E-state index >= 15 is 0 Å². The van der Waals surface area contributed by atoms with Crippen LogP contribution in [-0.4, -0.2) is 31.5 Å². The highest BCUT2D eigenvalue weighted by Crippen LogP contribution is 2.31. The highest BCUT2D eigenvalue weighted by molar-refractivity contribution is 8.27. The number of nitrogens with one attached hydrogen (secondary N) is 1. The van der Waals surface area contributed by atoms with Gasteiger partial charge in [-0.3, -0.25) is 10.2 Å². The molecule has 2 aliphatic rings. The molecule has 1 aromatic heterocycles. The summed E-state index contributed by atoms with van der Waals surface area (Å²) >= 11 is 1.31. The molecular weight excluding hydrogens is 430 g/mol. The summed E-state index contributed by atoms with van der Waals surface area (Å²) in [4.78, 5) is 17.1. The maximum Gasteiger partial charge on any atom is 0.283 e. The molecule has 33 heavy (non-hydrogen) atoms. The first-order chi connectivity index (χ1) is 16.0. The van der Waals surface area contributed by atoms with E-state index in [2.05, 4.69) is 45.9 Å².